The highest BCUT2D eigenvalue weighted by Gasteiger charge is 2.22. The van der Waals surface area contributed by atoms with Gasteiger partial charge in [0.15, 0.2) is 11.6 Å². The fourth-order valence-corrected chi connectivity index (χ4v) is 2.98. The van der Waals surface area contributed by atoms with Crippen LogP contribution >= 0.6 is 0 Å². The van der Waals surface area contributed by atoms with Gasteiger partial charge in [-0.2, -0.15) is 0 Å². The van der Waals surface area contributed by atoms with Crippen molar-refractivity contribution in [3.63, 3.8) is 0 Å². The number of rotatable bonds is 4. The van der Waals surface area contributed by atoms with Crippen LogP contribution in [0, 0.1) is 18.6 Å². The van der Waals surface area contributed by atoms with Crippen molar-refractivity contribution in [1.29, 1.82) is 0 Å². The lowest BCUT2D eigenvalue weighted by atomic mass is 10.1. The quantitative estimate of drug-likeness (QED) is 0.911. The lowest BCUT2D eigenvalue weighted by Gasteiger charge is -2.12. The first kappa shape index (κ1) is 15.4. The van der Waals surface area contributed by atoms with Gasteiger partial charge in [-0.1, -0.05) is 18.2 Å². The number of hydrogen-bond acceptors (Lipinski definition) is 3. The zero-order chi connectivity index (χ0) is 15.6. The van der Waals surface area contributed by atoms with Crippen LogP contribution < -0.4 is 4.72 Å². The van der Waals surface area contributed by atoms with E-state index >= 15 is 0 Å². The average molecular weight is 313 g/mol. The Balaban J connectivity index is 2.45. The molecule has 0 bridgehead atoms. The van der Waals surface area contributed by atoms with Crippen LogP contribution in [-0.4, -0.2) is 13.5 Å². The number of nitrogens with one attached hydrogen (secondary N) is 1. The second-order valence-electron chi connectivity index (χ2n) is 4.46. The summed E-state index contributed by atoms with van der Waals surface area (Å²) in [6, 6.07) is 7.62. The molecule has 0 radical (unpaired) electrons. The van der Waals surface area contributed by atoms with Gasteiger partial charge >= 0.3 is 0 Å². The van der Waals surface area contributed by atoms with E-state index < -0.39 is 26.6 Å². The maximum Gasteiger partial charge on any atom is 0.264 e. The van der Waals surface area contributed by atoms with Crippen molar-refractivity contribution in [3.05, 3.63) is 59.2 Å². The highest BCUT2D eigenvalue weighted by atomic mass is 32.2. The van der Waals surface area contributed by atoms with Crippen molar-refractivity contribution in [2.75, 3.05) is 4.72 Å². The van der Waals surface area contributed by atoms with Crippen molar-refractivity contribution in [3.8, 4) is 0 Å². The number of halogens is 2. The van der Waals surface area contributed by atoms with E-state index in [-0.39, 0.29) is 12.3 Å². The van der Waals surface area contributed by atoms with Gasteiger partial charge in [0.05, 0.1) is 12.3 Å². The first-order valence-electron chi connectivity index (χ1n) is 6.02. The van der Waals surface area contributed by atoms with Crippen LogP contribution in [-0.2, 0) is 16.6 Å². The van der Waals surface area contributed by atoms with Crippen molar-refractivity contribution in [2.24, 2.45) is 0 Å². The molecule has 0 aliphatic heterocycles. The Hall–Kier alpha value is -1.99. The molecule has 7 heteroatoms. The standard InChI is InChI=1S/C14H13F2NO3S/c1-9-5-6-10(8-18)7-12(9)17-21(19,20)13-4-2-3-11(15)14(13)16/h2-7,17-18H,8H2,1H3. The minimum Gasteiger partial charge on any atom is -0.392 e. The van der Waals surface area contributed by atoms with Gasteiger partial charge in [-0.15, -0.1) is 0 Å². The minimum absolute atomic E-state index is 0.199. The highest BCUT2D eigenvalue weighted by molar-refractivity contribution is 7.92. The van der Waals surface area contributed by atoms with Gasteiger partial charge in [0, 0.05) is 0 Å². The summed E-state index contributed by atoms with van der Waals surface area (Å²) in [5.74, 6) is -2.67. The summed E-state index contributed by atoms with van der Waals surface area (Å²) in [7, 11) is -4.26. The van der Waals surface area contributed by atoms with Crippen LogP contribution in [0.2, 0.25) is 0 Å². The number of hydrogen-bond donors (Lipinski definition) is 2. The molecule has 0 aliphatic carbocycles. The maximum atomic E-state index is 13.6. The van der Waals surface area contributed by atoms with Crippen molar-refractivity contribution < 1.29 is 22.3 Å². The van der Waals surface area contributed by atoms with Crippen molar-refractivity contribution >= 4 is 15.7 Å². The van der Waals surface area contributed by atoms with Crippen LogP contribution in [0.1, 0.15) is 11.1 Å². The summed E-state index contributed by atoms with van der Waals surface area (Å²) >= 11 is 0. The van der Waals surface area contributed by atoms with Crippen molar-refractivity contribution in [2.45, 2.75) is 18.4 Å². The van der Waals surface area contributed by atoms with Gasteiger partial charge in [0.25, 0.3) is 10.0 Å². The summed E-state index contributed by atoms with van der Waals surface area (Å²) < 4.78 is 53.3. The second kappa shape index (κ2) is 5.79. The first-order chi connectivity index (χ1) is 9.85. The van der Waals surface area contributed by atoms with Crippen LogP contribution in [0.25, 0.3) is 0 Å². The molecule has 0 atom stereocenters. The fraction of sp³-hybridized carbons (Fsp3) is 0.143. The van der Waals surface area contributed by atoms with Crippen LogP contribution in [0.3, 0.4) is 0 Å². The van der Waals surface area contributed by atoms with Crippen molar-refractivity contribution in [1.82, 2.24) is 0 Å². The molecule has 0 spiro atoms. The molecule has 0 saturated carbocycles. The smallest absolute Gasteiger partial charge is 0.264 e. The van der Waals surface area contributed by atoms with Crippen LogP contribution in [0.15, 0.2) is 41.3 Å². The van der Waals surface area contributed by atoms with E-state index in [1.807, 2.05) is 0 Å². The van der Waals surface area contributed by atoms with Gasteiger partial charge in [-0.3, -0.25) is 4.72 Å². The second-order valence-corrected chi connectivity index (χ2v) is 6.12. The molecule has 2 rings (SSSR count). The Bertz CT molecular complexity index is 776. The zero-order valence-corrected chi connectivity index (χ0v) is 11.9. The monoisotopic (exact) mass is 313 g/mol. The van der Waals surface area contributed by atoms with Crippen LogP contribution in [0.4, 0.5) is 14.5 Å². The molecule has 0 fully saturated rings. The lowest BCUT2D eigenvalue weighted by Crippen LogP contribution is -2.16. The van der Waals surface area contributed by atoms with E-state index in [2.05, 4.69) is 4.72 Å². The van der Waals surface area contributed by atoms with E-state index in [9.17, 15) is 17.2 Å². The SMILES string of the molecule is Cc1ccc(CO)cc1NS(=O)(=O)c1cccc(F)c1F. The van der Waals surface area contributed by atoms with E-state index in [0.29, 0.717) is 11.1 Å². The fourth-order valence-electron chi connectivity index (χ4n) is 1.77. The Morgan fingerprint density at radius 1 is 1.19 bits per heavy atom. The molecule has 0 unspecified atom stereocenters. The summed E-state index contributed by atoms with van der Waals surface area (Å²) in [6.07, 6.45) is 0. The van der Waals surface area contributed by atoms with E-state index in [1.54, 1.807) is 19.1 Å². The lowest BCUT2D eigenvalue weighted by molar-refractivity contribution is 0.282. The van der Waals surface area contributed by atoms with Gasteiger partial charge in [-0.05, 0) is 36.2 Å². The third kappa shape index (κ3) is 3.20. The third-order valence-electron chi connectivity index (χ3n) is 2.93. The molecule has 4 nitrogen and oxygen atoms in total. The third-order valence-corrected chi connectivity index (χ3v) is 4.32. The largest absolute Gasteiger partial charge is 0.392 e. The average Bonchev–Trinajstić information content (AvgIpc) is 2.44. The summed E-state index contributed by atoms with van der Waals surface area (Å²) in [4.78, 5) is -0.767. The maximum absolute atomic E-state index is 13.6. The van der Waals surface area contributed by atoms with Gasteiger partial charge < -0.3 is 5.11 Å². The number of aliphatic hydroxyl groups excluding tert-OH is 1. The van der Waals surface area contributed by atoms with Gasteiger partial charge in [0.2, 0.25) is 0 Å². The molecule has 112 valence electrons. The molecular weight excluding hydrogens is 300 g/mol. The number of anilines is 1. The number of aryl methyl sites for hydroxylation is 1. The number of benzene rings is 2. The summed E-state index contributed by atoms with van der Waals surface area (Å²) in [6.45, 7) is 1.39. The highest BCUT2D eigenvalue weighted by Crippen LogP contribution is 2.23. The summed E-state index contributed by atoms with van der Waals surface area (Å²) in [5, 5.41) is 9.06. The Labute approximate surface area is 121 Å². The molecule has 0 heterocycles. The Morgan fingerprint density at radius 2 is 1.90 bits per heavy atom. The zero-order valence-electron chi connectivity index (χ0n) is 11.1. The Morgan fingerprint density at radius 3 is 2.57 bits per heavy atom. The molecule has 0 saturated heterocycles. The molecule has 2 N–H and O–H groups in total. The molecule has 0 aromatic heterocycles. The molecule has 2 aromatic carbocycles. The molecule has 0 aliphatic rings. The van der Waals surface area contributed by atoms with E-state index in [0.717, 1.165) is 18.2 Å². The number of sulfonamides is 1. The normalized spacial score (nSPS) is 11.4. The van der Waals surface area contributed by atoms with E-state index in [4.69, 9.17) is 5.11 Å². The molecular formula is C14H13F2NO3S. The predicted molar refractivity (Wildman–Crippen MR) is 74.3 cm³/mol. The molecule has 21 heavy (non-hydrogen) atoms. The summed E-state index contributed by atoms with van der Waals surface area (Å²) in [5.41, 5.74) is 1.29. The van der Waals surface area contributed by atoms with Gasteiger partial charge in [0.1, 0.15) is 4.90 Å². The van der Waals surface area contributed by atoms with Gasteiger partial charge in [-0.25, -0.2) is 17.2 Å². The topological polar surface area (TPSA) is 66.4 Å². The Kier molecular flexibility index (Phi) is 4.24. The number of aliphatic hydroxyl groups is 1. The molecule has 2 aromatic rings. The predicted octanol–water partition coefficient (Wildman–Crippen LogP) is 2.57. The van der Waals surface area contributed by atoms with Crippen LogP contribution in [0.5, 0.6) is 0 Å². The molecule has 0 amide bonds. The first-order valence-corrected chi connectivity index (χ1v) is 7.50. The van der Waals surface area contributed by atoms with E-state index in [1.165, 1.54) is 6.07 Å². The minimum atomic E-state index is -4.26.